The van der Waals surface area contributed by atoms with Gasteiger partial charge in [0.1, 0.15) is 5.82 Å². The van der Waals surface area contributed by atoms with Crippen molar-refractivity contribution in [2.75, 3.05) is 33.9 Å². The summed E-state index contributed by atoms with van der Waals surface area (Å²) in [4.78, 5) is 14.3. The van der Waals surface area contributed by atoms with E-state index in [-0.39, 0.29) is 17.7 Å². The highest BCUT2D eigenvalue weighted by molar-refractivity contribution is 5.76. The van der Waals surface area contributed by atoms with Gasteiger partial charge in [0, 0.05) is 46.1 Å². The van der Waals surface area contributed by atoms with Crippen LogP contribution in [0.5, 0.6) is 11.5 Å². The first-order valence-corrected chi connectivity index (χ1v) is 9.80. The first-order valence-electron chi connectivity index (χ1n) is 9.80. The van der Waals surface area contributed by atoms with E-state index in [9.17, 15) is 9.90 Å². The molecule has 1 aliphatic rings. The normalized spacial score (nSPS) is 15.4. The number of hydrogen-bond donors (Lipinski definition) is 2. The minimum absolute atomic E-state index is 0.0618. The Labute approximate surface area is 170 Å². The molecule has 0 radical (unpaired) electrons. The van der Waals surface area contributed by atoms with Gasteiger partial charge in [-0.05, 0) is 24.6 Å². The van der Waals surface area contributed by atoms with Gasteiger partial charge in [-0.1, -0.05) is 6.07 Å². The lowest BCUT2D eigenvalue weighted by Gasteiger charge is -2.20. The number of carbonyl (C=O) groups is 1. The number of carbonyl (C=O) groups excluding carboxylic acids is 1. The fraction of sp³-hybridized carbons (Fsp3) is 0.550. The summed E-state index contributed by atoms with van der Waals surface area (Å²) in [6, 6.07) is 5.22. The molecule has 1 aromatic carbocycles. The van der Waals surface area contributed by atoms with Crippen LogP contribution in [0.15, 0.2) is 18.2 Å². The maximum Gasteiger partial charge on any atom is 0.222 e. The van der Waals surface area contributed by atoms with Crippen molar-refractivity contribution >= 4 is 5.91 Å². The predicted octanol–water partition coefficient (Wildman–Crippen LogP) is 1.26. The van der Waals surface area contributed by atoms with Crippen molar-refractivity contribution < 1.29 is 19.4 Å². The Balaban J connectivity index is 1.63. The monoisotopic (exact) mass is 403 g/mol. The van der Waals surface area contributed by atoms with Crippen LogP contribution in [0.25, 0.3) is 0 Å². The zero-order valence-electron chi connectivity index (χ0n) is 17.2. The number of fused-ring (bicyclic) bond motifs is 1. The molecule has 2 heterocycles. The van der Waals surface area contributed by atoms with Crippen molar-refractivity contribution in [1.29, 1.82) is 0 Å². The number of rotatable bonds is 8. The van der Waals surface area contributed by atoms with Crippen LogP contribution in [0.2, 0.25) is 0 Å². The van der Waals surface area contributed by atoms with Crippen molar-refractivity contribution in [3.8, 4) is 11.5 Å². The first kappa shape index (κ1) is 21.1. The molecule has 0 spiro atoms. The van der Waals surface area contributed by atoms with Crippen LogP contribution in [0.3, 0.4) is 0 Å². The third-order valence-corrected chi connectivity index (χ3v) is 5.10. The summed E-state index contributed by atoms with van der Waals surface area (Å²) in [6.45, 7) is 5.53. The first-order chi connectivity index (χ1) is 14.0. The van der Waals surface area contributed by atoms with E-state index in [1.807, 2.05) is 19.1 Å². The predicted molar refractivity (Wildman–Crippen MR) is 107 cm³/mol. The summed E-state index contributed by atoms with van der Waals surface area (Å²) in [5, 5.41) is 21.4. The lowest BCUT2D eigenvalue weighted by atomic mass is 10.2. The number of nitrogens with one attached hydrogen (secondary N) is 1. The number of aromatic hydroxyl groups is 1. The van der Waals surface area contributed by atoms with Crippen LogP contribution < -0.4 is 10.1 Å². The summed E-state index contributed by atoms with van der Waals surface area (Å²) in [5.74, 6) is 2.27. The van der Waals surface area contributed by atoms with Crippen LogP contribution >= 0.6 is 0 Å². The van der Waals surface area contributed by atoms with Gasteiger partial charge in [0.05, 0.1) is 19.8 Å². The average Bonchev–Trinajstić information content (AvgIpc) is 3.02. The zero-order chi connectivity index (χ0) is 20.8. The van der Waals surface area contributed by atoms with E-state index >= 15 is 0 Å². The van der Waals surface area contributed by atoms with Gasteiger partial charge in [-0.3, -0.25) is 9.69 Å². The SMILES string of the molecule is COCCC(=O)N[C@H](C)c1nnc2n1CCN(Cc1ccc(O)c(OC)c1)CC2. The number of amides is 1. The standard InChI is InChI=1S/C20H29N5O4/c1-14(21-19(27)7-11-28-2)20-23-22-18-6-8-24(9-10-25(18)20)13-15-4-5-16(26)17(12-15)29-3/h4-5,12,14,26H,6-11,13H2,1-3H3,(H,21,27)/t14-/m1/s1. The van der Waals surface area contributed by atoms with Gasteiger partial charge in [-0.25, -0.2) is 0 Å². The number of ether oxygens (including phenoxy) is 2. The van der Waals surface area contributed by atoms with Gasteiger partial charge < -0.3 is 24.5 Å². The molecule has 3 rings (SSSR count). The van der Waals surface area contributed by atoms with E-state index in [0.29, 0.717) is 18.8 Å². The molecule has 158 valence electrons. The Bertz CT molecular complexity index is 838. The van der Waals surface area contributed by atoms with Gasteiger partial charge >= 0.3 is 0 Å². The smallest absolute Gasteiger partial charge is 0.222 e. The van der Waals surface area contributed by atoms with E-state index in [0.717, 1.165) is 49.8 Å². The second-order valence-corrected chi connectivity index (χ2v) is 7.19. The second kappa shape index (κ2) is 9.71. The second-order valence-electron chi connectivity index (χ2n) is 7.19. The van der Waals surface area contributed by atoms with Gasteiger partial charge in [0.25, 0.3) is 0 Å². The molecule has 0 unspecified atom stereocenters. The maximum absolute atomic E-state index is 12.0. The van der Waals surface area contributed by atoms with Crippen molar-refractivity contribution in [3.05, 3.63) is 35.4 Å². The minimum Gasteiger partial charge on any atom is -0.504 e. The highest BCUT2D eigenvalue weighted by Crippen LogP contribution is 2.27. The number of benzene rings is 1. The fourth-order valence-corrected chi connectivity index (χ4v) is 3.52. The minimum atomic E-state index is -0.214. The van der Waals surface area contributed by atoms with E-state index in [4.69, 9.17) is 9.47 Å². The van der Waals surface area contributed by atoms with Crippen molar-refractivity contribution in [2.24, 2.45) is 0 Å². The topological polar surface area (TPSA) is 102 Å². The Hall–Kier alpha value is -2.65. The Morgan fingerprint density at radius 2 is 2.10 bits per heavy atom. The summed E-state index contributed by atoms with van der Waals surface area (Å²) in [5.41, 5.74) is 1.08. The number of phenols is 1. The fourth-order valence-electron chi connectivity index (χ4n) is 3.52. The Morgan fingerprint density at radius 1 is 1.28 bits per heavy atom. The lowest BCUT2D eigenvalue weighted by Crippen LogP contribution is -2.30. The summed E-state index contributed by atoms with van der Waals surface area (Å²) < 4.78 is 12.3. The van der Waals surface area contributed by atoms with Crippen LogP contribution in [0.1, 0.15) is 36.6 Å². The van der Waals surface area contributed by atoms with E-state index in [2.05, 4.69) is 25.0 Å². The molecule has 0 bridgehead atoms. The van der Waals surface area contributed by atoms with Crippen LogP contribution in [0, 0.1) is 0 Å². The molecule has 1 atom stereocenters. The summed E-state index contributed by atoms with van der Waals surface area (Å²) in [6.07, 6.45) is 1.11. The van der Waals surface area contributed by atoms with E-state index in [1.165, 1.54) is 0 Å². The Morgan fingerprint density at radius 3 is 2.86 bits per heavy atom. The number of aromatic nitrogens is 3. The van der Waals surface area contributed by atoms with Crippen LogP contribution in [0.4, 0.5) is 0 Å². The van der Waals surface area contributed by atoms with Gasteiger partial charge in [0.2, 0.25) is 5.91 Å². The van der Waals surface area contributed by atoms with E-state index in [1.54, 1.807) is 20.3 Å². The molecule has 0 saturated carbocycles. The third-order valence-electron chi connectivity index (χ3n) is 5.10. The van der Waals surface area contributed by atoms with Crippen molar-refractivity contribution in [2.45, 2.75) is 38.9 Å². The van der Waals surface area contributed by atoms with Crippen molar-refractivity contribution in [3.63, 3.8) is 0 Å². The molecule has 0 aliphatic carbocycles. The molecule has 0 fully saturated rings. The molecule has 2 N–H and O–H groups in total. The van der Waals surface area contributed by atoms with Gasteiger partial charge in [0.15, 0.2) is 17.3 Å². The summed E-state index contributed by atoms with van der Waals surface area (Å²) >= 11 is 0. The molecule has 1 aliphatic heterocycles. The molecule has 29 heavy (non-hydrogen) atoms. The molecule has 1 aromatic heterocycles. The molecular formula is C20H29N5O4. The van der Waals surface area contributed by atoms with E-state index < -0.39 is 0 Å². The van der Waals surface area contributed by atoms with Crippen molar-refractivity contribution in [1.82, 2.24) is 25.0 Å². The third kappa shape index (κ3) is 5.24. The van der Waals surface area contributed by atoms with Gasteiger partial charge in [-0.2, -0.15) is 0 Å². The Kier molecular flexibility index (Phi) is 7.05. The molecule has 9 heteroatoms. The average molecular weight is 403 g/mol. The number of nitrogens with zero attached hydrogens (tertiary/aromatic N) is 4. The maximum atomic E-state index is 12.0. The largest absolute Gasteiger partial charge is 0.504 e. The number of hydrogen-bond acceptors (Lipinski definition) is 7. The lowest BCUT2D eigenvalue weighted by molar-refractivity contribution is -0.122. The number of phenolic OH excluding ortho intramolecular Hbond substituents is 1. The highest BCUT2D eigenvalue weighted by atomic mass is 16.5. The molecule has 2 aromatic rings. The molecule has 9 nitrogen and oxygen atoms in total. The molecular weight excluding hydrogens is 374 g/mol. The zero-order valence-corrected chi connectivity index (χ0v) is 17.2. The van der Waals surface area contributed by atoms with Gasteiger partial charge in [-0.15, -0.1) is 10.2 Å². The number of methoxy groups -OCH3 is 2. The molecule has 0 saturated heterocycles. The summed E-state index contributed by atoms with van der Waals surface area (Å²) in [7, 11) is 3.13. The van der Waals surface area contributed by atoms with Crippen LogP contribution in [-0.4, -0.2) is 64.6 Å². The highest BCUT2D eigenvalue weighted by Gasteiger charge is 2.23. The van der Waals surface area contributed by atoms with Crippen LogP contribution in [-0.2, 0) is 29.0 Å². The molecule has 1 amide bonds. The quantitative estimate of drug-likeness (QED) is 0.684.